The van der Waals surface area contributed by atoms with Gasteiger partial charge in [0.2, 0.25) is 5.91 Å². The number of sulfone groups is 1. The van der Waals surface area contributed by atoms with Crippen molar-refractivity contribution in [3.8, 4) is 0 Å². The van der Waals surface area contributed by atoms with Crippen LogP contribution in [0, 0.1) is 5.92 Å². The van der Waals surface area contributed by atoms with E-state index in [0.29, 0.717) is 11.5 Å². The monoisotopic (exact) mass is 390 g/mol. The smallest absolute Gasteiger partial charge is 0.254 e. The Morgan fingerprint density at radius 2 is 1.67 bits per heavy atom. The van der Waals surface area contributed by atoms with E-state index in [1.54, 1.807) is 11.0 Å². The Kier molecular flexibility index (Phi) is 4.97. The van der Waals surface area contributed by atoms with E-state index in [1.807, 2.05) is 12.1 Å². The Balaban J connectivity index is 1.58. The zero-order valence-corrected chi connectivity index (χ0v) is 16.3. The zero-order valence-electron chi connectivity index (χ0n) is 15.4. The fourth-order valence-corrected chi connectivity index (χ4v) is 5.29. The van der Waals surface area contributed by atoms with E-state index in [-0.39, 0.29) is 42.3 Å². The molecular formula is C20H26N2O4S. The number of hydrogen-bond donors (Lipinski definition) is 1. The predicted molar refractivity (Wildman–Crippen MR) is 104 cm³/mol. The summed E-state index contributed by atoms with van der Waals surface area (Å²) >= 11 is 0. The van der Waals surface area contributed by atoms with E-state index in [1.165, 1.54) is 0 Å². The Labute approximate surface area is 160 Å². The fourth-order valence-electron chi connectivity index (χ4n) is 4.09. The van der Waals surface area contributed by atoms with Gasteiger partial charge < -0.3 is 10.2 Å². The Morgan fingerprint density at radius 3 is 2.30 bits per heavy atom. The third kappa shape index (κ3) is 4.18. The van der Waals surface area contributed by atoms with Gasteiger partial charge in [-0.05, 0) is 55.4 Å². The maximum atomic E-state index is 13.1. The summed E-state index contributed by atoms with van der Waals surface area (Å²) in [7, 11) is -3.02. The highest BCUT2D eigenvalue weighted by molar-refractivity contribution is 7.91. The van der Waals surface area contributed by atoms with Crippen LogP contribution in [0.3, 0.4) is 0 Å². The third-order valence-electron chi connectivity index (χ3n) is 5.92. The lowest BCUT2D eigenvalue weighted by atomic mass is 9.91. The van der Waals surface area contributed by atoms with Gasteiger partial charge in [-0.15, -0.1) is 0 Å². The molecule has 1 aliphatic heterocycles. The van der Waals surface area contributed by atoms with Crippen LogP contribution in [0.1, 0.15) is 60.4 Å². The average Bonchev–Trinajstić information content (AvgIpc) is 3.36. The van der Waals surface area contributed by atoms with Crippen LogP contribution in [0.15, 0.2) is 18.2 Å². The van der Waals surface area contributed by atoms with Crippen LogP contribution in [-0.2, 0) is 14.6 Å². The van der Waals surface area contributed by atoms with Gasteiger partial charge in [0.15, 0.2) is 9.84 Å². The van der Waals surface area contributed by atoms with Crippen molar-refractivity contribution in [3.05, 3.63) is 29.3 Å². The molecular weight excluding hydrogens is 364 g/mol. The summed E-state index contributed by atoms with van der Waals surface area (Å²) in [6, 6.07) is 5.57. The zero-order chi connectivity index (χ0) is 19.0. The molecule has 1 heterocycles. The second-order valence-corrected chi connectivity index (χ2v) is 10.3. The summed E-state index contributed by atoms with van der Waals surface area (Å²) in [5.74, 6) is 0.506. The van der Waals surface area contributed by atoms with Crippen molar-refractivity contribution in [3.63, 3.8) is 0 Å². The molecule has 0 spiro atoms. The highest BCUT2D eigenvalue weighted by Gasteiger charge is 2.31. The van der Waals surface area contributed by atoms with Crippen molar-refractivity contribution in [1.82, 2.24) is 4.90 Å². The number of nitrogens with zero attached hydrogens (tertiary/aromatic N) is 1. The van der Waals surface area contributed by atoms with Gasteiger partial charge in [-0.1, -0.05) is 12.8 Å². The van der Waals surface area contributed by atoms with Crippen molar-refractivity contribution >= 4 is 27.3 Å². The van der Waals surface area contributed by atoms with Crippen molar-refractivity contribution in [2.24, 2.45) is 5.92 Å². The lowest BCUT2D eigenvalue weighted by molar-refractivity contribution is -0.117. The van der Waals surface area contributed by atoms with Crippen LogP contribution in [0.4, 0.5) is 5.69 Å². The standard InChI is InChI=1S/C20H26N2O4S/c23-19(15-5-6-15)21-16-7-8-17(18(13-16)14-3-1-2-4-14)20(24)22-9-11-27(25,26)12-10-22/h7-8,13-15H,1-6,9-12H2,(H,21,23). The second kappa shape index (κ2) is 7.26. The summed E-state index contributed by atoms with van der Waals surface area (Å²) in [6.07, 6.45) is 6.31. The molecule has 3 fully saturated rings. The van der Waals surface area contributed by atoms with E-state index >= 15 is 0 Å². The lowest BCUT2D eigenvalue weighted by Gasteiger charge is -2.28. The molecule has 7 heteroatoms. The van der Waals surface area contributed by atoms with Crippen LogP contribution in [0.2, 0.25) is 0 Å². The second-order valence-electron chi connectivity index (χ2n) is 7.99. The molecule has 1 aromatic carbocycles. The van der Waals surface area contributed by atoms with Gasteiger partial charge in [0.25, 0.3) is 5.91 Å². The fraction of sp³-hybridized carbons (Fsp3) is 0.600. The summed E-state index contributed by atoms with van der Waals surface area (Å²) < 4.78 is 23.3. The van der Waals surface area contributed by atoms with E-state index in [9.17, 15) is 18.0 Å². The minimum atomic E-state index is -3.02. The van der Waals surface area contributed by atoms with Crippen LogP contribution in [0.5, 0.6) is 0 Å². The molecule has 6 nitrogen and oxygen atoms in total. The van der Waals surface area contributed by atoms with Crippen molar-refractivity contribution < 1.29 is 18.0 Å². The molecule has 0 aromatic heterocycles. The molecule has 0 radical (unpaired) electrons. The van der Waals surface area contributed by atoms with Crippen molar-refractivity contribution in [2.75, 3.05) is 29.9 Å². The van der Waals surface area contributed by atoms with Crippen LogP contribution >= 0.6 is 0 Å². The first kappa shape index (κ1) is 18.5. The quantitative estimate of drug-likeness (QED) is 0.856. The molecule has 1 N–H and O–H groups in total. The number of hydrogen-bond acceptors (Lipinski definition) is 4. The highest BCUT2D eigenvalue weighted by Crippen LogP contribution is 2.38. The topological polar surface area (TPSA) is 83.6 Å². The van der Waals surface area contributed by atoms with E-state index in [0.717, 1.165) is 49.8 Å². The largest absolute Gasteiger partial charge is 0.337 e. The lowest BCUT2D eigenvalue weighted by Crippen LogP contribution is -2.44. The number of anilines is 1. The molecule has 2 amide bonds. The molecule has 0 atom stereocenters. The molecule has 2 aliphatic carbocycles. The van der Waals surface area contributed by atoms with Gasteiger partial charge >= 0.3 is 0 Å². The maximum Gasteiger partial charge on any atom is 0.254 e. The molecule has 1 aromatic rings. The first-order valence-corrected chi connectivity index (χ1v) is 11.7. The first-order valence-electron chi connectivity index (χ1n) is 9.87. The van der Waals surface area contributed by atoms with Gasteiger partial charge in [0.05, 0.1) is 11.5 Å². The molecule has 0 bridgehead atoms. The summed E-state index contributed by atoms with van der Waals surface area (Å²) in [5.41, 5.74) is 2.41. The normalized spacial score (nSPS) is 22.6. The molecule has 27 heavy (non-hydrogen) atoms. The maximum absolute atomic E-state index is 13.1. The molecule has 0 unspecified atom stereocenters. The van der Waals surface area contributed by atoms with Gasteiger partial charge in [-0.2, -0.15) is 0 Å². The molecule has 2 saturated carbocycles. The number of rotatable bonds is 4. The van der Waals surface area contributed by atoms with Crippen LogP contribution in [-0.4, -0.2) is 49.7 Å². The molecule has 146 valence electrons. The number of carbonyl (C=O) groups is 2. The molecule has 3 aliphatic rings. The van der Waals surface area contributed by atoms with Crippen LogP contribution < -0.4 is 5.32 Å². The first-order chi connectivity index (χ1) is 12.9. The predicted octanol–water partition coefficient (Wildman–Crippen LogP) is 2.56. The summed E-state index contributed by atoms with van der Waals surface area (Å²) in [4.78, 5) is 26.8. The van der Waals surface area contributed by atoms with Crippen molar-refractivity contribution in [2.45, 2.75) is 44.4 Å². The molecule has 4 rings (SSSR count). The van der Waals surface area contributed by atoms with Crippen molar-refractivity contribution in [1.29, 1.82) is 0 Å². The third-order valence-corrected chi connectivity index (χ3v) is 7.53. The number of carbonyl (C=O) groups excluding carboxylic acids is 2. The minimum Gasteiger partial charge on any atom is -0.337 e. The SMILES string of the molecule is O=C(Nc1ccc(C(=O)N2CCS(=O)(=O)CC2)c(C2CCCC2)c1)C1CC1. The summed E-state index contributed by atoms with van der Waals surface area (Å²) in [5, 5.41) is 2.98. The van der Waals surface area contributed by atoms with E-state index < -0.39 is 9.84 Å². The van der Waals surface area contributed by atoms with Gasteiger partial charge in [-0.3, -0.25) is 9.59 Å². The minimum absolute atomic E-state index is 0.0348. The van der Waals surface area contributed by atoms with E-state index in [2.05, 4.69) is 5.32 Å². The Morgan fingerprint density at radius 1 is 1.00 bits per heavy atom. The number of amides is 2. The van der Waals surface area contributed by atoms with Gasteiger partial charge in [0, 0.05) is 30.3 Å². The van der Waals surface area contributed by atoms with Gasteiger partial charge in [-0.25, -0.2) is 8.42 Å². The number of nitrogens with one attached hydrogen (secondary N) is 1. The van der Waals surface area contributed by atoms with E-state index in [4.69, 9.17) is 0 Å². The average molecular weight is 391 g/mol. The number of benzene rings is 1. The molecule has 1 saturated heterocycles. The van der Waals surface area contributed by atoms with Gasteiger partial charge in [0.1, 0.15) is 0 Å². The highest BCUT2D eigenvalue weighted by atomic mass is 32.2. The van der Waals surface area contributed by atoms with Crippen LogP contribution in [0.25, 0.3) is 0 Å². The Bertz CT molecular complexity index is 841. The Hall–Kier alpha value is -1.89. The summed E-state index contributed by atoms with van der Waals surface area (Å²) in [6.45, 7) is 0.511.